The zero-order valence-electron chi connectivity index (χ0n) is 7.37. The first-order valence-electron chi connectivity index (χ1n) is 3.70. The Morgan fingerprint density at radius 3 is 2.77 bits per heavy atom. The summed E-state index contributed by atoms with van der Waals surface area (Å²) < 4.78 is 0. The van der Waals surface area contributed by atoms with Gasteiger partial charge in [0.25, 0.3) is 5.91 Å². The maximum Gasteiger partial charge on any atom is 0.269 e. The number of carbonyl (C=O) groups is 2. The van der Waals surface area contributed by atoms with E-state index < -0.39 is 0 Å². The summed E-state index contributed by atoms with van der Waals surface area (Å²) in [4.78, 5) is 29.2. The van der Waals surface area contributed by atoms with Gasteiger partial charge in [-0.3, -0.25) is 9.59 Å². The number of aryl methyl sites for hydroxylation is 1. The molecule has 1 rings (SSSR count). The summed E-state index contributed by atoms with van der Waals surface area (Å²) in [6.07, 6.45) is 0.584. The average Bonchev–Trinajstić information content (AvgIpc) is 2.15. The number of amides is 1. The molecule has 13 heavy (non-hydrogen) atoms. The summed E-state index contributed by atoms with van der Waals surface area (Å²) in [7, 11) is 1.50. The molecule has 0 aromatic carbocycles. The van der Waals surface area contributed by atoms with Crippen LogP contribution in [-0.2, 0) is 0 Å². The van der Waals surface area contributed by atoms with Gasteiger partial charge < -0.3 is 5.32 Å². The van der Waals surface area contributed by atoms with Crippen LogP contribution >= 0.6 is 0 Å². The normalized spacial score (nSPS) is 9.38. The Morgan fingerprint density at radius 2 is 2.23 bits per heavy atom. The highest BCUT2D eigenvalue weighted by Crippen LogP contribution is 1.98. The second-order valence-corrected chi connectivity index (χ2v) is 2.42. The summed E-state index contributed by atoms with van der Waals surface area (Å²) >= 11 is 0. The monoisotopic (exact) mass is 179 g/mol. The van der Waals surface area contributed by atoms with Gasteiger partial charge in [0.1, 0.15) is 17.2 Å². The zero-order chi connectivity index (χ0) is 9.84. The van der Waals surface area contributed by atoms with E-state index in [1.165, 1.54) is 13.1 Å². The predicted molar refractivity (Wildman–Crippen MR) is 45.5 cm³/mol. The molecule has 1 aromatic heterocycles. The van der Waals surface area contributed by atoms with Gasteiger partial charge in [-0.15, -0.1) is 0 Å². The third-order valence-electron chi connectivity index (χ3n) is 1.44. The van der Waals surface area contributed by atoms with E-state index in [1.54, 1.807) is 6.92 Å². The summed E-state index contributed by atoms with van der Waals surface area (Å²) in [6.45, 7) is 1.62. The van der Waals surface area contributed by atoms with Crippen LogP contribution in [0.5, 0.6) is 0 Å². The summed E-state index contributed by atoms with van der Waals surface area (Å²) in [5.41, 5.74) is 0.420. The average molecular weight is 179 g/mol. The molecule has 0 atom stereocenters. The van der Waals surface area contributed by atoms with E-state index in [9.17, 15) is 9.59 Å². The van der Waals surface area contributed by atoms with Crippen molar-refractivity contribution >= 4 is 12.2 Å². The second kappa shape index (κ2) is 3.75. The molecule has 1 amide bonds. The van der Waals surface area contributed by atoms with Crippen molar-refractivity contribution in [2.45, 2.75) is 6.92 Å². The minimum atomic E-state index is -0.325. The lowest BCUT2D eigenvalue weighted by atomic mass is 10.3. The van der Waals surface area contributed by atoms with Crippen LogP contribution in [0.3, 0.4) is 0 Å². The largest absolute Gasteiger partial charge is 0.354 e. The smallest absolute Gasteiger partial charge is 0.269 e. The molecule has 1 aromatic rings. The van der Waals surface area contributed by atoms with Crippen molar-refractivity contribution in [1.29, 1.82) is 0 Å². The van der Waals surface area contributed by atoms with Crippen molar-refractivity contribution in [3.63, 3.8) is 0 Å². The van der Waals surface area contributed by atoms with Crippen LogP contribution in [0, 0.1) is 6.92 Å². The van der Waals surface area contributed by atoms with Crippen LogP contribution in [0.2, 0.25) is 0 Å². The lowest BCUT2D eigenvalue weighted by Gasteiger charge is -2.00. The molecule has 0 radical (unpaired) electrons. The number of nitrogens with zero attached hydrogens (tertiary/aromatic N) is 2. The quantitative estimate of drug-likeness (QED) is 0.646. The highest BCUT2D eigenvalue weighted by Gasteiger charge is 2.07. The zero-order valence-corrected chi connectivity index (χ0v) is 7.37. The van der Waals surface area contributed by atoms with Crippen LogP contribution in [0.4, 0.5) is 0 Å². The highest BCUT2D eigenvalue weighted by atomic mass is 16.1. The van der Waals surface area contributed by atoms with Crippen LogP contribution in [0.1, 0.15) is 26.8 Å². The van der Waals surface area contributed by atoms with Crippen molar-refractivity contribution in [3.05, 3.63) is 23.3 Å². The molecule has 0 bridgehead atoms. The van der Waals surface area contributed by atoms with E-state index in [4.69, 9.17) is 0 Å². The van der Waals surface area contributed by atoms with Crippen molar-refractivity contribution in [3.8, 4) is 0 Å². The number of aldehydes is 1. The van der Waals surface area contributed by atoms with Gasteiger partial charge in [0.15, 0.2) is 6.29 Å². The van der Waals surface area contributed by atoms with Crippen LogP contribution in [0.25, 0.3) is 0 Å². The molecule has 0 spiro atoms. The Hall–Kier alpha value is -1.78. The van der Waals surface area contributed by atoms with E-state index in [0.717, 1.165) is 0 Å². The molecule has 5 nitrogen and oxygen atoms in total. The fourth-order valence-electron chi connectivity index (χ4n) is 0.896. The van der Waals surface area contributed by atoms with Crippen molar-refractivity contribution in [2.24, 2.45) is 0 Å². The summed E-state index contributed by atoms with van der Waals surface area (Å²) in [6, 6.07) is 1.35. The van der Waals surface area contributed by atoms with E-state index >= 15 is 0 Å². The Morgan fingerprint density at radius 1 is 1.54 bits per heavy atom. The molecule has 0 fully saturated rings. The molecular weight excluding hydrogens is 170 g/mol. The molecule has 1 heterocycles. The van der Waals surface area contributed by atoms with E-state index in [1.807, 2.05) is 0 Å². The molecule has 0 aliphatic carbocycles. The molecule has 0 aliphatic rings. The van der Waals surface area contributed by atoms with Crippen LogP contribution in [-0.4, -0.2) is 29.2 Å². The van der Waals surface area contributed by atoms with Gasteiger partial charge in [-0.1, -0.05) is 0 Å². The van der Waals surface area contributed by atoms with Gasteiger partial charge >= 0.3 is 0 Å². The van der Waals surface area contributed by atoms with Crippen LogP contribution < -0.4 is 5.32 Å². The summed E-state index contributed by atoms with van der Waals surface area (Å²) in [5.74, 6) is 0.0804. The van der Waals surface area contributed by atoms with E-state index in [-0.39, 0.29) is 17.3 Å². The third kappa shape index (κ3) is 2.08. The third-order valence-corrected chi connectivity index (χ3v) is 1.44. The maximum absolute atomic E-state index is 11.1. The number of rotatable bonds is 2. The maximum atomic E-state index is 11.1. The van der Waals surface area contributed by atoms with Gasteiger partial charge in [-0.2, -0.15) is 0 Å². The number of hydrogen-bond donors (Lipinski definition) is 1. The van der Waals surface area contributed by atoms with Gasteiger partial charge in [-0.05, 0) is 13.0 Å². The van der Waals surface area contributed by atoms with E-state index in [2.05, 4.69) is 15.3 Å². The molecule has 68 valence electrons. The lowest BCUT2D eigenvalue weighted by Crippen LogP contribution is -2.20. The minimum Gasteiger partial charge on any atom is -0.354 e. The second-order valence-electron chi connectivity index (χ2n) is 2.42. The Balaban J connectivity index is 3.15. The van der Waals surface area contributed by atoms with Crippen LogP contribution in [0.15, 0.2) is 6.07 Å². The molecule has 0 saturated heterocycles. The molecule has 5 heteroatoms. The topological polar surface area (TPSA) is 72.0 Å². The van der Waals surface area contributed by atoms with E-state index in [0.29, 0.717) is 12.1 Å². The number of nitrogens with one attached hydrogen (secondary N) is 1. The Bertz CT molecular complexity index is 349. The Labute approximate surface area is 75.2 Å². The Kier molecular flexibility index (Phi) is 2.69. The first-order valence-corrected chi connectivity index (χ1v) is 3.70. The number of carbonyl (C=O) groups excluding carboxylic acids is 2. The van der Waals surface area contributed by atoms with Crippen molar-refractivity contribution in [2.75, 3.05) is 7.05 Å². The fraction of sp³-hybridized carbons (Fsp3) is 0.250. The first-order chi connectivity index (χ1) is 6.17. The molecule has 1 N–H and O–H groups in total. The first kappa shape index (κ1) is 9.31. The summed E-state index contributed by atoms with van der Waals surface area (Å²) in [5, 5.41) is 2.41. The molecule has 0 saturated carbocycles. The lowest BCUT2D eigenvalue weighted by molar-refractivity contribution is 0.0957. The molecule has 0 unspecified atom stereocenters. The van der Waals surface area contributed by atoms with Gasteiger partial charge in [0.05, 0.1) is 0 Å². The van der Waals surface area contributed by atoms with Crippen molar-refractivity contribution < 1.29 is 9.59 Å². The molecular formula is C8H9N3O2. The highest BCUT2D eigenvalue weighted by molar-refractivity contribution is 5.93. The van der Waals surface area contributed by atoms with Gasteiger partial charge in [-0.25, -0.2) is 9.97 Å². The standard InChI is InChI=1S/C8H9N3O2/c1-5-10-6(4-12)3-7(11-5)8(13)9-2/h3-4H,1-2H3,(H,9,13). The van der Waals surface area contributed by atoms with Gasteiger partial charge in [0, 0.05) is 7.05 Å². The van der Waals surface area contributed by atoms with Crippen molar-refractivity contribution in [1.82, 2.24) is 15.3 Å². The fourth-order valence-corrected chi connectivity index (χ4v) is 0.896. The van der Waals surface area contributed by atoms with Gasteiger partial charge in [0.2, 0.25) is 0 Å². The molecule has 0 aliphatic heterocycles. The number of aromatic nitrogens is 2. The number of hydrogen-bond acceptors (Lipinski definition) is 4. The predicted octanol–water partition coefficient (Wildman–Crippen LogP) is -0.0429. The SMILES string of the molecule is CNC(=O)c1cc(C=O)nc(C)n1. The minimum absolute atomic E-state index is 0.206.